The minimum atomic E-state index is 0.980. The monoisotopic (exact) mass is 750 g/mol. The number of aromatic nitrogens is 4. The predicted octanol–water partition coefficient (Wildman–Crippen LogP) is 14.3. The Morgan fingerprint density at radius 3 is 1.41 bits per heavy atom. The van der Waals surface area contributed by atoms with E-state index in [0.29, 0.717) is 0 Å². The molecule has 0 unspecified atom stereocenters. The van der Waals surface area contributed by atoms with Gasteiger partial charge in [0.15, 0.2) is 0 Å². The van der Waals surface area contributed by atoms with E-state index in [1.807, 2.05) is 0 Å². The fourth-order valence-electron chi connectivity index (χ4n) is 9.90. The molecule has 274 valence electrons. The number of para-hydroxylation sites is 6. The molecule has 13 rings (SSSR count). The van der Waals surface area contributed by atoms with Gasteiger partial charge in [-0.25, -0.2) is 4.98 Å². The van der Waals surface area contributed by atoms with Crippen LogP contribution in [0.5, 0.6) is 0 Å². The van der Waals surface area contributed by atoms with E-state index in [9.17, 15) is 0 Å². The number of nitrogens with zero attached hydrogens (tertiary/aromatic N) is 4. The third kappa shape index (κ3) is 4.57. The molecule has 0 aliphatic rings. The summed E-state index contributed by atoms with van der Waals surface area (Å²) >= 11 is 0. The first kappa shape index (κ1) is 32.2. The summed E-state index contributed by atoms with van der Waals surface area (Å²) in [7, 11) is 0. The zero-order valence-corrected chi connectivity index (χ0v) is 31.9. The Morgan fingerprint density at radius 2 is 0.746 bits per heavy atom. The number of hydrogen-bond donors (Lipinski definition) is 0. The molecular weight excluding hydrogens is 717 g/mol. The summed E-state index contributed by atoms with van der Waals surface area (Å²) in [6, 6.07) is 74.8. The average molecular weight is 751 g/mol. The highest BCUT2D eigenvalue weighted by atomic mass is 15.0. The van der Waals surface area contributed by atoms with Crippen molar-refractivity contribution in [2.24, 2.45) is 0 Å². The standard InChI is InChI=1S/C55H34N4/c1-2-14-36(15-3-1)59-51-25-13-7-19-42(51)45-32-31-44-39-16-4-9-21-47(39)56-54(53(44)55(45)59)35-26-28-37(29-27-35)57-50-24-12-8-20-43(50)46-34-38(30-33-52(46)57)58-48-22-10-5-17-40(48)41-18-6-11-23-49(41)58/h1-34H. The average Bonchev–Trinajstić information content (AvgIpc) is 3.95. The summed E-state index contributed by atoms with van der Waals surface area (Å²) in [6.07, 6.45) is 0. The summed E-state index contributed by atoms with van der Waals surface area (Å²) in [5.41, 5.74) is 13.6. The Balaban J connectivity index is 1.03. The second-order valence-electron chi connectivity index (χ2n) is 15.5. The summed E-state index contributed by atoms with van der Waals surface area (Å²) in [5, 5.41) is 10.9. The molecule has 4 aromatic heterocycles. The maximum absolute atomic E-state index is 5.48. The zero-order valence-electron chi connectivity index (χ0n) is 31.9. The molecule has 0 amide bonds. The minimum absolute atomic E-state index is 0.980. The van der Waals surface area contributed by atoms with E-state index in [0.717, 1.165) is 44.6 Å². The van der Waals surface area contributed by atoms with Crippen LogP contribution in [0, 0.1) is 0 Å². The molecule has 0 spiro atoms. The molecule has 13 aromatic rings. The minimum Gasteiger partial charge on any atom is -0.309 e. The van der Waals surface area contributed by atoms with Crippen LogP contribution < -0.4 is 0 Å². The highest BCUT2D eigenvalue weighted by Gasteiger charge is 2.21. The summed E-state index contributed by atoms with van der Waals surface area (Å²) in [5.74, 6) is 0. The first-order chi connectivity index (χ1) is 29.3. The van der Waals surface area contributed by atoms with Gasteiger partial charge in [0.1, 0.15) is 0 Å². The van der Waals surface area contributed by atoms with Crippen molar-refractivity contribution in [3.05, 3.63) is 206 Å². The van der Waals surface area contributed by atoms with Crippen molar-refractivity contribution in [3.8, 4) is 28.3 Å². The second-order valence-corrected chi connectivity index (χ2v) is 15.5. The van der Waals surface area contributed by atoms with E-state index in [1.165, 1.54) is 70.8 Å². The zero-order chi connectivity index (χ0) is 38.6. The van der Waals surface area contributed by atoms with Gasteiger partial charge in [-0.05, 0) is 78.2 Å². The molecule has 0 saturated carbocycles. The van der Waals surface area contributed by atoms with E-state index in [-0.39, 0.29) is 0 Å². The van der Waals surface area contributed by atoms with Gasteiger partial charge in [-0.3, -0.25) is 0 Å². The molecule has 4 nitrogen and oxygen atoms in total. The fraction of sp³-hybridized carbons (Fsp3) is 0. The van der Waals surface area contributed by atoms with Gasteiger partial charge < -0.3 is 13.7 Å². The third-order valence-corrected chi connectivity index (χ3v) is 12.4. The largest absolute Gasteiger partial charge is 0.309 e. The normalized spacial score (nSPS) is 12.1. The molecule has 0 aliphatic heterocycles. The molecule has 0 saturated heterocycles. The molecule has 0 aliphatic carbocycles. The quantitative estimate of drug-likeness (QED) is 0.165. The van der Waals surface area contributed by atoms with E-state index >= 15 is 0 Å². The van der Waals surface area contributed by atoms with Crippen molar-refractivity contribution in [2.45, 2.75) is 0 Å². The highest BCUT2D eigenvalue weighted by Crippen LogP contribution is 2.43. The van der Waals surface area contributed by atoms with Crippen LogP contribution in [0.25, 0.3) is 115 Å². The fourth-order valence-corrected chi connectivity index (χ4v) is 9.90. The molecule has 59 heavy (non-hydrogen) atoms. The van der Waals surface area contributed by atoms with Crippen LogP contribution in [0.1, 0.15) is 0 Å². The van der Waals surface area contributed by atoms with Gasteiger partial charge in [0.2, 0.25) is 0 Å². The molecule has 9 aromatic carbocycles. The molecular formula is C55H34N4. The van der Waals surface area contributed by atoms with E-state index in [1.54, 1.807) is 0 Å². The summed E-state index contributed by atoms with van der Waals surface area (Å²) in [4.78, 5) is 5.48. The third-order valence-electron chi connectivity index (χ3n) is 12.4. The number of fused-ring (bicyclic) bond motifs is 13. The van der Waals surface area contributed by atoms with Crippen molar-refractivity contribution in [1.82, 2.24) is 18.7 Å². The van der Waals surface area contributed by atoms with E-state index in [4.69, 9.17) is 4.98 Å². The van der Waals surface area contributed by atoms with Crippen molar-refractivity contribution in [1.29, 1.82) is 0 Å². The van der Waals surface area contributed by atoms with Crippen LogP contribution in [0.2, 0.25) is 0 Å². The first-order valence-electron chi connectivity index (χ1n) is 20.2. The lowest BCUT2D eigenvalue weighted by molar-refractivity contribution is 1.16. The van der Waals surface area contributed by atoms with Gasteiger partial charge >= 0.3 is 0 Å². The molecule has 0 bridgehead atoms. The van der Waals surface area contributed by atoms with Crippen molar-refractivity contribution >= 4 is 87.1 Å². The maximum atomic E-state index is 5.48. The number of hydrogen-bond acceptors (Lipinski definition) is 1. The topological polar surface area (TPSA) is 27.7 Å². The van der Waals surface area contributed by atoms with Crippen molar-refractivity contribution in [3.63, 3.8) is 0 Å². The molecule has 0 atom stereocenters. The number of benzene rings is 9. The lowest BCUT2D eigenvalue weighted by atomic mass is 9.97. The highest BCUT2D eigenvalue weighted by molar-refractivity contribution is 6.26. The Hall–Kier alpha value is -7.95. The maximum Gasteiger partial charge on any atom is 0.0809 e. The Kier molecular flexibility index (Phi) is 6.69. The second kappa shape index (κ2) is 12.3. The van der Waals surface area contributed by atoms with Gasteiger partial charge in [0.25, 0.3) is 0 Å². The van der Waals surface area contributed by atoms with Crippen LogP contribution in [0.3, 0.4) is 0 Å². The van der Waals surface area contributed by atoms with Crippen LogP contribution in [-0.2, 0) is 0 Å². The van der Waals surface area contributed by atoms with E-state index < -0.39 is 0 Å². The molecule has 0 fully saturated rings. The van der Waals surface area contributed by atoms with Gasteiger partial charge in [0.05, 0.1) is 44.3 Å². The predicted molar refractivity (Wildman–Crippen MR) is 248 cm³/mol. The van der Waals surface area contributed by atoms with Gasteiger partial charge in [-0.1, -0.05) is 133 Å². The van der Waals surface area contributed by atoms with Crippen molar-refractivity contribution < 1.29 is 0 Å². The van der Waals surface area contributed by atoms with Gasteiger partial charge in [-0.15, -0.1) is 0 Å². The van der Waals surface area contributed by atoms with Gasteiger partial charge in [-0.2, -0.15) is 0 Å². The molecule has 4 heteroatoms. The summed E-state index contributed by atoms with van der Waals surface area (Å²) in [6.45, 7) is 0. The number of pyridine rings is 1. The van der Waals surface area contributed by atoms with Crippen LogP contribution in [-0.4, -0.2) is 18.7 Å². The summed E-state index contributed by atoms with van der Waals surface area (Å²) < 4.78 is 7.23. The smallest absolute Gasteiger partial charge is 0.0809 e. The first-order valence-corrected chi connectivity index (χ1v) is 20.2. The molecule has 4 heterocycles. The lowest BCUT2D eigenvalue weighted by Crippen LogP contribution is -1.98. The van der Waals surface area contributed by atoms with Crippen LogP contribution in [0.15, 0.2) is 206 Å². The molecule has 0 N–H and O–H groups in total. The van der Waals surface area contributed by atoms with Crippen molar-refractivity contribution in [2.75, 3.05) is 0 Å². The molecule has 0 radical (unpaired) electrons. The van der Waals surface area contributed by atoms with Crippen LogP contribution >= 0.6 is 0 Å². The number of rotatable bonds is 4. The van der Waals surface area contributed by atoms with Crippen LogP contribution in [0.4, 0.5) is 0 Å². The Labute approximate surface area is 339 Å². The van der Waals surface area contributed by atoms with Gasteiger partial charge in [0, 0.05) is 65.7 Å². The lowest BCUT2D eigenvalue weighted by Gasteiger charge is -2.15. The Bertz CT molecular complexity index is 3770. The van der Waals surface area contributed by atoms with E-state index in [2.05, 4.69) is 220 Å². The SMILES string of the molecule is c1ccc(-n2c3ccccc3c3ccc4c5ccccc5nc(-c5ccc(-n6c7ccccc7c7cc(-n8c9ccccc9c9ccccc98)ccc76)cc5)c4c32)cc1. The Morgan fingerprint density at radius 1 is 0.288 bits per heavy atom.